The maximum atomic E-state index is 13.6. The summed E-state index contributed by atoms with van der Waals surface area (Å²) in [5.41, 5.74) is 5.26. The van der Waals surface area contributed by atoms with Crippen molar-refractivity contribution >= 4 is 17.2 Å². The van der Waals surface area contributed by atoms with E-state index in [1.165, 1.54) is 41.0 Å². The molecular formula is C27H39N3O2S. The predicted molar refractivity (Wildman–Crippen MR) is 136 cm³/mol. The molecule has 33 heavy (non-hydrogen) atoms. The summed E-state index contributed by atoms with van der Waals surface area (Å²) in [5, 5.41) is 0. The third-order valence-corrected chi connectivity index (χ3v) is 9.49. The lowest BCUT2D eigenvalue weighted by Gasteiger charge is -2.35. The van der Waals surface area contributed by atoms with Gasteiger partial charge in [0.2, 0.25) is 5.88 Å². The third kappa shape index (κ3) is 4.69. The molecule has 1 saturated carbocycles. The van der Waals surface area contributed by atoms with Gasteiger partial charge < -0.3 is 14.5 Å². The van der Waals surface area contributed by atoms with Gasteiger partial charge in [0, 0.05) is 40.0 Å². The number of carbonyl (C=O) groups excluding carboxylic acids is 1. The Morgan fingerprint density at radius 2 is 1.91 bits per heavy atom. The van der Waals surface area contributed by atoms with Crippen LogP contribution in [0.1, 0.15) is 81.0 Å². The van der Waals surface area contributed by atoms with Crippen LogP contribution in [0, 0.1) is 26.7 Å². The van der Waals surface area contributed by atoms with Crippen molar-refractivity contribution in [1.82, 2.24) is 14.8 Å². The molecule has 2 aromatic rings. The number of fused-ring (bicyclic) bond motifs is 1. The highest BCUT2D eigenvalue weighted by Gasteiger charge is 2.34. The average molecular weight is 470 g/mol. The third-order valence-electron chi connectivity index (χ3n) is 7.94. The molecule has 0 unspecified atom stereocenters. The van der Waals surface area contributed by atoms with Gasteiger partial charge in [-0.15, -0.1) is 11.3 Å². The van der Waals surface area contributed by atoms with E-state index in [1.54, 1.807) is 7.11 Å². The quantitative estimate of drug-likeness (QED) is 0.560. The summed E-state index contributed by atoms with van der Waals surface area (Å²) in [6.07, 6.45) is 6.07. The van der Waals surface area contributed by atoms with Crippen LogP contribution in [0.5, 0.6) is 5.88 Å². The lowest BCUT2D eigenvalue weighted by Crippen LogP contribution is -2.37. The average Bonchev–Trinajstić information content (AvgIpc) is 3.13. The molecule has 1 atom stereocenters. The van der Waals surface area contributed by atoms with E-state index in [0.717, 1.165) is 47.3 Å². The van der Waals surface area contributed by atoms with Crippen LogP contribution in [-0.2, 0) is 13.0 Å². The summed E-state index contributed by atoms with van der Waals surface area (Å²) >= 11 is 1.90. The molecule has 1 aliphatic carbocycles. The number of ether oxygens (including phenoxy) is 1. The number of pyridine rings is 1. The standard InChI is InChI=1S/C27H39N3O2S/c1-16-14-17(2)28-26(32-7)22(16)15-30-13-12-23-24(27(30)31)19(4)25(33-23)18(3)20-8-10-21(11-9-20)29(5)6/h14,18,20-21H,8-13,15H2,1-7H3/t18-,20?,21?/m1/s1. The van der Waals surface area contributed by atoms with Gasteiger partial charge in [-0.2, -0.15) is 0 Å². The van der Waals surface area contributed by atoms with E-state index < -0.39 is 0 Å². The van der Waals surface area contributed by atoms with Crippen LogP contribution in [0.15, 0.2) is 6.07 Å². The molecule has 0 radical (unpaired) electrons. The number of carbonyl (C=O) groups is 1. The predicted octanol–water partition coefficient (Wildman–Crippen LogP) is 5.50. The van der Waals surface area contributed by atoms with Crippen LogP contribution < -0.4 is 4.74 Å². The lowest BCUT2D eigenvalue weighted by atomic mass is 9.77. The minimum Gasteiger partial charge on any atom is -0.481 e. The Kier molecular flexibility index (Phi) is 7.15. The second-order valence-corrected chi connectivity index (χ2v) is 11.4. The number of amides is 1. The number of methoxy groups -OCH3 is 1. The number of aryl methyl sites for hydroxylation is 2. The van der Waals surface area contributed by atoms with Gasteiger partial charge in [-0.05, 0) is 89.6 Å². The molecule has 0 bridgehead atoms. The first-order chi connectivity index (χ1) is 15.7. The van der Waals surface area contributed by atoms with Gasteiger partial charge in [0.25, 0.3) is 5.91 Å². The van der Waals surface area contributed by atoms with Crippen molar-refractivity contribution in [2.24, 2.45) is 5.92 Å². The minimum atomic E-state index is 0.168. The van der Waals surface area contributed by atoms with Gasteiger partial charge >= 0.3 is 0 Å². The van der Waals surface area contributed by atoms with Crippen LogP contribution >= 0.6 is 11.3 Å². The number of aromatic nitrogens is 1. The zero-order valence-electron chi connectivity index (χ0n) is 21.3. The highest BCUT2D eigenvalue weighted by molar-refractivity contribution is 7.12. The van der Waals surface area contributed by atoms with Crippen LogP contribution in [0.2, 0.25) is 0 Å². The Bertz CT molecular complexity index is 1020. The number of nitrogens with zero attached hydrogens (tertiary/aromatic N) is 3. The van der Waals surface area contributed by atoms with Gasteiger partial charge in [0.05, 0.1) is 19.2 Å². The zero-order chi connectivity index (χ0) is 23.9. The molecule has 3 heterocycles. The van der Waals surface area contributed by atoms with E-state index in [0.29, 0.717) is 18.3 Å². The molecule has 0 spiro atoms. The maximum Gasteiger partial charge on any atom is 0.255 e. The van der Waals surface area contributed by atoms with E-state index in [4.69, 9.17) is 4.74 Å². The first-order valence-corrected chi connectivity index (χ1v) is 13.1. The maximum absolute atomic E-state index is 13.6. The topological polar surface area (TPSA) is 45.7 Å². The fourth-order valence-corrected chi connectivity index (χ4v) is 7.28. The molecule has 2 aromatic heterocycles. The SMILES string of the molecule is COc1nc(C)cc(C)c1CN1CCc2sc([C@H](C)C3CCC(N(C)C)CC3)c(C)c2C1=O. The van der Waals surface area contributed by atoms with Crippen molar-refractivity contribution < 1.29 is 9.53 Å². The molecule has 6 heteroatoms. The van der Waals surface area contributed by atoms with Crippen molar-refractivity contribution in [1.29, 1.82) is 0 Å². The van der Waals surface area contributed by atoms with Gasteiger partial charge in [0.15, 0.2) is 0 Å². The van der Waals surface area contributed by atoms with Crippen molar-refractivity contribution in [3.05, 3.63) is 43.8 Å². The zero-order valence-corrected chi connectivity index (χ0v) is 22.1. The largest absolute Gasteiger partial charge is 0.481 e. The first-order valence-electron chi connectivity index (χ1n) is 12.3. The van der Waals surface area contributed by atoms with E-state index in [-0.39, 0.29) is 5.91 Å². The van der Waals surface area contributed by atoms with Crippen LogP contribution in [0.3, 0.4) is 0 Å². The van der Waals surface area contributed by atoms with E-state index in [1.807, 2.05) is 23.2 Å². The molecular weight excluding hydrogens is 430 g/mol. The van der Waals surface area contributed by atoms with Crippen LogP contribution in [0.4, 0.5) is 0 Å². The molecule has 1 aliphatic heterocycles. The molecule has 5 nitrogen and oxygen atoms in total. The second-order valence-electron chi connectivity index (χ2n) is 10.3. The first kappa shape index (κ1) is 24.2. The second kappa shape index (κ2) is 9.75. The number of thiophene rings is 1. The van der Waals surface area contributed by atoms with Crippen molar-refractivity contribution in [2.75, 3.05) is 27.7 Å². The monoisotopic (exact) mass is 469 g/mol. The highest BCUT2D eigenvalue weighted by Crippen LogP contribution is 2.44. The summed E-state index contributed by atoms with van der Waals surface area (Å²) in [7, 11) is 6.06. The summed E-state index contributed by atoms with van der Waals surface area (Å²) < 4.78 is 5.55. The van der Waals surface area contributed by atoms with Gasteiger partial charge in [-0.1, -0.05) is 6.92 Å². The van der Waals surface area contributed by atoms with E-state index in [9.17, 15) is 4.79 Å². The Hall–Kier alpha value is -1.92. The molecule has 0 saturated heterocycles. The minimum absolute atomic E-state index is 0.168. The Morgan fingerprint density at radius 1 is 1.21 bits per heavy atom. The summed E-state index contributed by atoms with van der Waals surface area (Å²) in [6, 6.07) is 2.79. The Balaban J connectivity index is 1.53. The summed E-state index contributed by atoms with van der Waals surface area (Å²) in [5.74, 6) is 2.04. The van der Waals surface area contributed by atoms with Crippen LogP contribution in [-0.4, -0.2) is 54.5 Å². The van der Waals surface area contributed by atoms with Gasteiger partial charge in [-0.25, -0.2) is 4.98 Å². The highest BCUT2D eigenvalue weighted by atomic mass is 32.1. The normalized spacial score (nSPS) is 21.9. The summed E-state index contributed by atoms with van der Waals surface area (Å²) in [4.78, 5) is 25.2. The number of hydrogen-bond acceptors (Lipinski definition) is 5. The molecule has 1 fully saturated rings. The van der Waals surface area contributed by atoms with Crippen molar-refractivity contribution in [2.45, 2.75) is 78.3 Å². The van der Waals surface area contributed by atoms with Crippen molar-refractivity contribution in [3.63, 3.8) is 0 Å². The lowest BCUT2D eigenvalue weighted by molar-refractivity contribution is 0.0726. The van der Waals surface area contributed by atoms with Gasteiger partial charge in [-0.3, -0.25) is 4.79 Å². The van der Waals surface area contributed by atoms with E-state index >= 15 is 0 Å². The molecule has 2 aliphatic rings. The van der Waals surface area contributed by atoms with Gasteiger partial charge in [0.1, 0.15) is 0 Å². The summed E-state index contributed by atoms with van der Waals surface area (Å²) in [6.45, 7) is 9.92. The van der Waals surface area contributed by atoms with Crippen LogP contribution in [0.25, 0.3) is 0 Å². The fourth-order valence-electron chi connectivity index (χ4n) is 5.84. The molecule has 180 valence electrons. The Morgan fingerprint density at radius 3 is 2.55 bits per heavy atom. The fraction of sp³-hybridized carbons (Fsp3) is 0.630. The number of rotatable bonds is 6. The molecule has 1 amide bonds. The molecule has 0 aromatic carbocycles. The van der Waals surface area contributed by atoms with E-state index in [2.05, 4.69) is 50.8 Å². The number of hydrogen-bond donors (Lipinski definition) is 0. The van der Waals surface area contributed by atoms with Crippen molar-refractivity contribution in [3.8, 4) is 5.88 Å². The smallest absolute Gasteiger partial charge is 0.255 e. The molecule has 4 rings (SSSR count). The molecule has 0 N–H and O–H groups in total. The Labute approximate surface area is 203 Å².